The van der Waals surface area contributed by atoms with E-state index >= 15 is 0 Å². The minimum absolute atomic E-state index is 0.283. The van der Waals surface area contributed by atoms with Gasteiger partial charge in [0, 0.05) is 5.39 Å². The van der Waals surface area contributed by atoms with E-state index in [1.807, 2.05) is 42.5 Å². The molecule has 0 bridgehead atoms. The Morgan fingerprint density at radius 3 is 2.28 bits per heavy atom. The Hall–Kier alpha value is -3.08. The average molecular weight is 337 g/mol. The number of carbonyl (C=O) groups is 1. The second-order valence-electron chi connectivity index (χ2n) is 5.39. The Morgan fingerprint density at radius 1 is 0.960 bits per heavy atom. The monoisotopic (exact) mass is 337 g/mol. The second kappa shape index (κ2) is 7.21. The summed E-state index contributed by atoms with van der Waals surface area (Å²) in [5.74, 6) is 1.06. The average Bonchev–Trinajstić information content (AvgIpc) is 2.67. The van der Waals surface area contributed by atoms with Crippen molar-refractivity contribution in [3.63, 3.8) is 0 Å². The van der Waals surface area contributed by atoms with Gasteiger partial charge in [-0.25, -0.2) is 9.78 Å². The van der Waals surface area contributed by atoms with Crippen LogP contribution < -0.4 is 9.47 Å². The lowest BCUT2D eigenvalue weighted by atomic mass is 9.99. The minimum atomic E-state index is -0.435. The Labute approximate surface area is 146 Å². The molecule has 0 aliphatic heterocycles. The van der Waals surface area contributed by atoms with Crippen LogP contribution in [-0.2, 0) is 4.74 Å². The number of methoxy groups -OCH3 is 2. The van der Waals surface area contributed by atoms with E-state index < -0.39 is 5.97 Å². The number of rotatable bonds is 5. The van der Waals surface area contributed by atoms with Gasteiger partial charge in [0.25, 0.3) is 0 Å². The molecule has 0 saturated heterocycles. The predicted molar refractivity (Wildman–Crippen MR) is 96.2 cm³/mol. The number of fused-ring (bicyclic) bond motifs is 1. The number of aromatic nitrogens is 1. The molecular formula is C20H19NO4. The van der Waals surface area contributed by atoms with Crippen LogP contribution in [0.25, 0.3) is 22.0 Å². The van der Waals surface area contributed by atoms with E-state index in [1.165, 1.54) is 0 Å². The molecule has 128 valence electrons. The molecule has 0 amide bonds. The summed E-state index contributed by atoms with van der Waals surface area (Å²) in [5.41, 5.74) is 2.82. The minimum Gasteiger partial charge on any atom is -0.497 e. The van der Waals surface area contributed by atoms with E-state index in [0.29, 0.717) is 12.1 Å². The lowest BCUT2D eigenvalue weighted by molar-refractivity contribution is 0.0520. The fraction of sp³-hybridized carbons (Fsp3) is 0.200. The summed E-state index contributed by atoms with van der Waals surface area (Å²) in [5, 5.41) is 0.901. The zero-order chi connectivity index (χ0) is 17.8. The van der Waals surface area contributed by atoms with E-state index in [-0.39, 0.29) is 5.69 Å². The molecule has 3 aromatic rings. The van der Waals surface area contributed by atoms with Gasteiger partial charge in [-0.15, -0.1) is 0 Å². The van der Waals surface area contributed by atoms with Crippen LogP contribution in [0.1, 0.15) is 17.4 Å². The van der Waals surface area contributed by atoms with Crippen LogP contribution in [0.3, 0.4) is 0 Å². The van der Waals surface area contributed by atoms with Crippen molar-refractivity contribution in [1.29, 1.82) is 0 Å². The molecule has 5 nitrogen and oxygen atoms in total. The number of carbonyl (C=O) groups excluding carboxylic acids is 1. The van der Waals surface area contributed by atoms with E-state index in [2.05, 4.69) is 4.98 Å². The summed E-state index contributed by atoms with van der Waals surface area (Å²) >= 11 is 0. The number of esters is 1. The molecule has 3 rings (SSSR count). The summed E-state index contributed by atoms with van der Waals surface area (Å²) in [4.78, 5) is 16.6. The van der Waals surface area contributed by atoms with Gasteiger partial charge in [0.15, 0.2) is 0 Å². The molecule has 1 heterocycles. The highest BCUT2D eigenvalue weighted by molar-refractivity contribution is 6.00. The number of benzene rings is 2. The van der Waals surface area contributed by atoms with E-state index in [4.69, 9.17) is 14.2 Å². The Morgan fingerprint density at radius 2 is 1.64 bits per heavy atom. The third-order valence-corrected chi connectivity index (χ3v) is 3.90. The summed E-state index contributed by atoms with van der Waals surface area (Å²) in [6, 6.07) is 15.0. The third-order valence-electron chi connectivity index (χ3n) is 3.90. The van der Waals surface area contributed by atoms with Crippen LogP contribution in [0.5, 0.6) is 11.5 Å². The molecule has 0 saturated carbocycles. The topological polar surface area (TPSA) is 57.7 Å². The van der Waals surface area contributed by atoms with Crippen molar-refractivity contribution in [3.8, 4) is 22.6 Å². The highest BCUT2D eigenvalue weighted by Gasteiger charge is 2.15. The third kappa shape index (κ3) is 3.40. The summed E-state index contributed by atoms with van der Waals surface area (Å²) < 4.78 is 15.6. The zero-order valence-electron chi connectivity index (χ0n) is 14.4. The van der Waals surface area contributed by atoms with Gasteiger partial charge in [0.1, 0.15) is 17.2 Å². The van der Waals surface area contributed by atoms with Crippen LogP contribution in [0.4, 0.5) is 0 Å². The molecule has 5 heteroatoms. The Balaban J connectivity index is 2.22. The lowest BCUT2D eigenvalue weighted by Gasteiger charge is -2.11. The van der Waals surface area contributed by atoms with Crippen molar-refractivity contribution in [2.75, 3.05) is 20.8 Å². The van der Waals surface area contributed by atoms with Crippen molar-refractivity contribution in [3.05, 3.63) is 54.2 Å². The summed E-state index contributed by atoms with van der Waals surface area (Å²) in [7, 11) is 3.25. The Kier molecular flexibility index (Phi) is 4.84. The van der Waals surface area contributed by atoms with Gasteiger partial charge in [0.2, 0.25) is 0 Å². The molecule has 1 aromatic heterocycles. The molecule has 0 atom stereocenters. The predicted octanol–water partition coefficient (Wildman–Crippen LogP) is 4.10. The quantitative estimate of drug-likeness (QED) is 0.656. The first kappa shape index (κ1) is 16.8. The standard InChI is InChI=1S/C20H19NO4/c1-4-25-20(22)19-12-16(13-5-7-14(23-2)8-6-13)17-11-15(24-3)9-10-18(17)21-19/h5-12H,4H2,1-3H3. The molecular weight excluding hydrogens is 318 g/mol. The van der Waals surface area contributed by atoms with Crippen molar-refractivity contribution < 1.29 is 19.0 Å². The van der Waals surface area contributed by atoms with Gasteiger partial charge < -0.3 is 14.2 Å². The lowest BCUT2D eigenvalue weighted by Crippen LogP contribution is -2.07. The molecule has 0 aliphatic carbocycles. The van der Waals surface area contributed by atoms with Crippen LogP contribution in [0, 0.1) is 0 Å². The van der Waals surface area contributed by atoms with Gasteiger partial charge in [0.05, 0.1) is 26.3 Å². The van der Waals surface area contributed by atoms with Crippen LogP contribution in [-0.4, -0.2) is 31.8 Å². The molecule has 0 spiro atoms. The van der Waals surface area contributed by atoms with E-state index in [0.717, 1.165) is 28.0 Å². The fourth-order valence-corrected chi connectivity index (χ4v) is 2.65. The normalized spacial score (nSPS) is 10.5. The van der Waals surface area contributed by atoms with Gasteiger partial charge in [-0.3, -0.25) is 0 Å². The molecule has 0 fully saturated rings. The van der Waals surface area contributed by atoms with Gasteiger partial charge >= 0.3 is 5.97 Å². The smallest absolute Gasteiger partial charge is 0.356 e. The molecule has 0 unspecified atom stereocenters. The van der Waals surface area contributed by atoms with Crippen molar-refractivity contribution in [1.82, 2.24) is 4.98 Å². The van der Waals surface area contributed by atoms with Crippen molar-refractivity contribution >= 4 is 16.9 Å². The van der Waals surface area contributed by atoms with E-state index in [1.54, 1.807) is 27.2 Å². The number of nitrogens with zero attached hydrogens (tertiary/aromatic N) is 1. The van der Waals surface area contributed by atoms with Crippen molar-refractivity contribution in [2.45, 2.75) is 6.92 Å². The molecule has 0 radical (unpaired) electrons. The highest BCUT2D eigenvalue weighted by Crippen LogP contribution is 2.32. The SMILES string of the molecule is CCOC(=O)c1cc(-c2ccc(OC)cc2)c2cc(OC)ccc2n1. The van der Waals surface area contributed by atoms with Crippen LogP contribution >= 0.6 is 0 Å². The number of ether oxygens (including phenoxy) is 3. The molecule has 0 aliphatic rings. The summed E-state index contributed by atoms with van der Waals surface area (Å²) in [6.45, 7) is 2.08. The first-order chi connectivity index (χ1) is 12.2. The Bertz CT molecular complexity index is 903. The second-order valence-corrected chi connectivity index (χ2v) is 5.39. The number of hydrogen-bond acceptors (Lipinski definition) is 5. The van der Waals surface area contributed by atoms with Crippen LogP contribution in [0.2, 0.25) is 0 Å². The van der Waals surface area contributed by atoms with Gasteiger partial charge in [-0.1, -0.05) is 12.1 Å². The maximum Gasteiger partial charge on any atom is 0.356 e. The fourth-order valence-electron chi connectivity index (χ4n) is 2.65. The van der Waals surface area contributed by atoms with E-state index in [9.17, 15) is 4.79 Å². The van der Waals surface area contributed by atoms with Gasteiger partial charge in [-0.05, 0) is 54.4 Å². The molecule has 2 aromatic carbocycles. The zero-order valence-corrected chi connectivity index (χ0v) is 14.4. The first-order valence-corrected chi connectivity index (χ1v) is 7.96. The summed E-state index contributed by atoms with van der Waals surface area (Å²) in [6.07, 6.45) is 0. The maximum atomic E-state index is 12.2. The van der Waals surface area contributed by atoms with Gasteiger partial charge in [-0.2, -0.15) is 0 Å². The molecule has 0 N–H and O–H groups in total. The largest absolute Gasteiger partial charge is 0.497 e. The highest BCUT2D eigenvalue weighted by atomic mass is 16.5. The number of pyridine rings is 1. The maximum absolute atomic E-state index is 12.2. The molecule has 25 heavy (non-hydrogen) atoms. The van der Waals surface area contributed by atoms with Crippen LogP contribution in [0.15, 0.2) is 48.5 Å². The first-order valence-electron chi connectivity index (χ1n) is 7.96. The van der Waals surface area contributed by atoms with Crippen molar-refractivity contribution in [2.24, 2.45) is 0 Å². The number of hydrogen-bond donors (Lipinski definition) is 0.